The molecule has 0 aliphatic carbocycles. The van der Waals surface area contributed by atoms with Crippen molar-refractivity contribution in [3.8, 4) is 5.75 Å². The number of ether oxygens (including phenoxy) is 1. The third-order valence-electron chi connectivity index (χ3n) is 2.71. The standard InChI is InChI=1S/C13H15N5O4/c1-2-9(21-8-6-4-3-5-7-8)12(19)15-16-13(20)10-11(14)18-22-17-10/h3-7,9H,2H2,1H3,(H2,14,18)(H,15,19)(H,16,20)/t9-/m1/s1. The number of rotatable bonds is 5. The van der Waals surface area contributed by atoms with E-state index in [1.807, 2.05) is 6.07 Å². The second-order valence-corrected chi connectivity index (χ2v) is 4.27. The molecule has 4 N–H and O–H groups in total. The van der Waals surface area contributed by atoms with Gasteiger partial charge in [0, 0.05) is 0 Å². The van der Waals surface area contributed by atoms with Crippen molar-refractivity contribution in [2.24, 2.45) is 0 Å². The first-order chi connectivity index (χ1) is 10.6. The number of benzene rings is 1. The van der Waals surface area contributed by atoms with Crippen LogP contribution in [0.4, 0.5) is 5.82 Å². The van der Waals surface area contributed by atoms with Crippen LogP contribution >= 0.6 is 0 Å². The number of hydrogen-bond acceptors (Lipinski definition) is 7. The molecule has 0 saturated heterocycles. The van der Waals surface area contributed by atoms with Gasteiger partial charge in [-0.15, -0.1) is 0 Å². The van der Waals surface area contributed by atoms with Gasteiger partial charge in [-0.1, -0.05) is 25.1 Å². The summed E-state index contributed by atoms with van der Waals surface area (Å²) in [6.07, 6.45) is -0.333. The van der Waals surface area contributed by atoms with E-state index >= 15 is 0 Å². The number of nitrogens with two attached hydrogens (primary N) is 1. The summed E-state index contributed by atoms with van der Waals surface area (Å²) < 4.78 is 9.84. The van der Waals surface area contributed by atoms with Crippen molar-refractivity contribution in [2.45, 2.75) is 19.4 Å². The number of anilines is 1. The van der Waals surface area contributed by atoms with Crippen LogP contribution in [0.5, 0.6) is 5.75 Å². The van der Waals surface area contributed by atoms with Gasteiger partial charge < -0.3 is 10.5 Å². The molecule has 0 aliphatic heterocycles. The number of aromatic nitrogens is 2. The number of nitrogen functional groups attached to an aromatic ring is 1. The summed E-state index contributed by atoms with van der Waals surface area (Å²) in [7, 11) is 0. The maximum absolute atomic E-state index is 12.0. The van der Waals surface area contributed by atoms with Gasteiger partial charge in [-0.25, -0.2) is 4.63 Å². The summed E-state index contributed by atoms with van der Waals surface area (Å²) in [4.78, 5) is 23.7. The molecule has 0 aliphatic rings. The van der Waals surface area contributed by atoms with Crippen LogP contribution in [0.1, 0.15) is 23.8 Å². The number of hydrogen-bond donors (Lipinski definition) is 3. The largest absolute Gasteiger partial charge is 0.481 e. The predicted molar refractivity (Wildman–Crippen MR) is 75.5 cm³/mol. The Morgan fingerprint density at radius 1 is 1.27 bits per heavy atom. The van der Waals surface area contributed by atoms with Gasteiger partial charge >= 0.3 is 0 Å². The van der Waals surface area contributed by atoms with Gasteiger partial charge in [-0.2, -0.15) is 0 Å². The zero-order valence-corrected chi connectivity index (χ0v) is 11.8. The molecule has 9 nitrogen and oxygen atoms in total. The summed E-state index contributed by atoms with van der Waals surface area (Å²) in [5.41, 5.74) is 9.57. The molecule has 0 unspecified atom stereocenters. The molecule has 0 radical (unpaired) electrons. The Balaban J connectivity index is 1.90. The summed E-state index contributed by atoms with van der Waals surface area (Å²) in [5, 5.41) is 6.59. The monoisotopic (exact) mass is 305 g/mol. The molecule has 1 heterocycles. The number of nitrogens with one attached hydrogen (secondary N) is 2. The van der Waals surface area contributed by atoms with Crippen LogP contribution in [0.3, 0.4) is 0 Å². The van der Waals surface area contributed by atoms with Gasteiger partial charge in [0.05, 0.1) is 0 Å². The van der Waals surface area contributed by atoms with E-state index in [-0.39, 0.29) is 11.5 Å². The summed E-state index contributed by atoms with van der Waals surface area (Å²) in [5.74, 6) is -0.850. The minimum absolute atomic E-state index is 0.167. The molecule has 22 heavy (non-hydrogen) atoms. The molecule has 0 spiro atoms. The van der Waals surface area contributed by atoms with Crippen LogP contribution in [0.25, 0.3) is 0 Å². The second-order valence-electron chi connectivity index (χ2n) is 4.27. The van der Waals surface area contributed by atoms with Gasteiger partial charge in [0.2, 0.25) is 11.5 Å². The summed E-state index contributed by atoms with van der Waals surface area (Å²) in [6.45, 7) is 1.79. The normalized spacial score (nSPS) is 11.5. The van der Waals surface area contributed by atoms with Gasteiger partial charge in [0.25, 0.3) is 11.8 Å². The lowest BCUT2D eigenvalue weighted by atomic mass is 10.2. The van der Waals surface area contributed by atoms with Gasteiger partial charge in [0.1, 0.15) is 5.75 Å². The Bertz CT molecular complexity index is 643. The highest BCUT2D eigenvalue weighted by Crippen LogP contribution is 2.12. The highest BCUT2D eigenvalue weighted by Gasteiger charge is 2.21. The Morgan fingerprint density at radius 2 is 2.00 bits per heavy atom. The molecule has 9 heteroatoms. The van der Waals surface area contributed by atoms with Crippen LogP contribution in [0.2, 0.25) is 0 Å². The van der Waals surface area contributed by atoms with Crippen molar-refractivity contribution in [1.82, 2.24) is 21.2 Å². The maximum Gasteiger partial charge on any atom is 0.295 e. The van der Waals surface area contributed by atoms with Crippen LogP contribution in [-0.2, 0) is 4.79 Å². The number of carbonyl (C=O) groups excluding carboxylic acids is 2. The molecule has 116 valence electrons. The van der Waals surface area contributed by atoms with E-state index in [0.29, 0.717) is 12.2 Å². The van der Waals surface area contributed by atoms with Crippen molar-refractivity contribution in [3.63, 3.8) is 0 Å². The van der Waals surface area contributed by atoms with Crippen LogP contribution in [0, 0.1) is 0 Å². The molecule has 1 aromatic carbocycles. The molecular formula is C13H15N5O4. The smallest absolute Gasteiger partial charge is 0.295 e. The van der Waals surface area contributed by atoms with Crippen LogP contribution in [0.15, 0.2) is 35.0 Å². The molecule has 1 aromatic heterocycles. The first-order valence-corrected chi connectivity index (χ1v) is 6.51. The molecule has 0 bridgehead atoms. The Hall–Kier alpha value is -3.10. The van der Waals surface area contributed by atoms with E-state index in [2.05, 4.69) is 25.8 Å². The minimum Gasteiger partial charge on any atom is -0.481 e. The van der Waals surface area contributed by atoms with E-state index in [1.165, 1.54) is 0 Å². The number of carbonyl (C=O) groups is 2. The van der Waals surface area contributed by atoms with E-state index in [4.69, 9.17) is 10.5 Å². The van der Waals surface area contributed by atoms with Crippen molar-refractivity contribution >= 4 is 17.6 Å². The van der Waals surface area contributed by atoms with Crippen LogP contribution < -0.4 is 21.3 Å². The van der Waals surface area contributed by atoms with Crippen molar-refractivity contribution in [3.05, 3.63) is 36.0 Å². The zero-order chi connectivity index (χ0) is 15.9. The van der Waals surface area contributed by atoms with E-state index < -0.39 is 17.9 Å². The highest BCUT2D eigenvalue weighted by atomic mass is 16.6. The maximum atomic E-state index is 12.0. The van der Waals surface area contributed by atoms with Crippen molar-refractivity contribution in [2.75, 3.05) is 5.73 Å². The first kappa shape index (κ1) is 15.3. The fourth-order valence-corrected chi connectivity index (χ4v) is 1.60. The van der Waals surface area contributed by atoms with Crippen molar-refractivity contribution in [1.29, 1.82) is 0 Å². The molecule has 2 aromatic rings. The number of amides is 2. The number of para-hydroxylation sites is 1. The topological polar surface area (TPSA) is 132 Å². The average molecular weight is 305 g/mol. The second kappa shape index (κ2) is 7.07. The Kier molecular flexibility index (Phi) is 4.91. The molecule has 0 saturated carbocycles. The van der Waals surface area contributed by atoms with Gasteiger partial charge in [-0.05, 0) is 28.9 Å². The fourth-order valence-electron chi connectivity index (χ4n) is 1.60. The predicted octanol–water partition coefficient (Wildman–Crippen LogP) is 0.270. The quantitative estimate of drug-likeness (QED) is 0.675. The molecule has 2 amide bonds. The molecular weight excluding hydrogens is 290 g/mol. The lowest BCUT2D eigenvalue weighted by Crippen LogP contribution is -2.48. The molecule has 0 fully saturated rings. The summed E-state index contributed by atoms with van der Waals surface area (Å²) in [6, 6.07) is 8.89. The van der Waals surface area contributed by atoms with Gasteiger partial charge in [-0.3, -0.25) is 20.4 Å². The first-order valence-electron chi connectivity index (χ1n) is 6.51. The third-order valence-corrected chi connectivity index (χ3v) is 2.71. The van der Waals surface area contributed by atoms with Crippen LogP contribution in [-0.4, -0.2) is 28.2 Å². The van der Waals surface area contributed by atoms with Gasteiger partial charge in [0.15, 0.2) is 6.10 Å². The zero-order valence-electron chi connectivity index (χ0n) is 11.8. The fraction of sp³-hybridized carbons (Fsp3) is 0.231. The van der Waals surface area contributed by atoms with E-state index in [1.54, 1.807) is 31.2 Å². The van der Waals surface area contributed by atoms with E-state index in [0.717, 1.165) is 0 Å². The Labute approximate surface area is 125 Å². The third kappa shape index (κ3) is 3.72. The molecule has 2 rings (SSSR count). The Morgan fingerprint density at radius 3 is 2.59 bits per heavy atom. The van der Waals surface area contributed by atoms with Crippen molar-refractivity contribution < 1.29 is 19.0 Å². The SMILES string of the molecule is CC[C@@H](Oc1ccccc1)C(=O)NNC(=O)c1nonc1N. The number of hydrazine groups is 1. The van der Waals surface area contributed by atoms with E-state index in [9.17, 15) is 9.59 Å². The lowest BCUT2D eigenvalue weighted by molar-refractivity contribution is -0.128. The minimum atomic E-state index is -0.754. The highest BCUT2D eigenvalue weighted by molar-refractivity contribution is 5.97. The lowest BCUT2D eigenvalue weighted by Gasteiger charge is -2.17. The molecule has 1 atom stereocenters. The average Bonchev–Trinajstić information content (AvgIpc) is 2.97. The summed E-state index contributed by atoms with van der Waals surface area (Å²) >= 11 is 0. The number of nitrogens with zero attached hydrogens (tertiary/aromatic N) is 2.